The highest BCUT2D eigenvalue weighted by molar-refractivity contribution is 5.52. The topological polar surface area (TPSA) is 55.6 Å². The van der Waals surface area contributed by atoms with E-state index in [-0.39, 0.29) is 0 Å². The highest BCUT2D eigenvalue weighted by Gasteiger charge is 2.15. The Hall–Kier alpha value is -1.91. The van der Waals surface area contributed by atoms with E-state index >= 15 is 0 Å². The Bertz CT molecular complexity index is 571. The van der Waals surface area contributed by atoms with E-state index in [2.05, 4.69) is 36.1 Å². The second kappa shape index (κ2) is 5.38. The number of nitrogens with zero attached hydrogens (tertiary/aromatic N) is 4. The predicted molar refractivity (Wildman–Crippen MR) is 76.9 cm³/mol. The van der Waals surface area contributed by atoms with Crippen molar-refractivity contribution >= 4 is 5.82 Å². The monoisotopic (exact) mass is 259 g/mol. The van der Waals surface area contributed by atoms with Gasteiger partial charge in [-0.3, -0.25) is 4.57 Å². The Morgan fingerprint density at radius 1 is 1.32 bits per heavy atom. The third-order valence-corrected chi connectivity index (χ3v) is 3.15. The van der Waals surface area contributed by atoms with Gasteiger partial charge in [-0.2, -0.15) is 0 Å². The SMILES string of the molecule is CCc1nccn1-c1nc(C(C)C)nc(NC)c1C. The molecule has 0 saturated carbocycles. The van der Waals surface area contributed by atoms with Crippen LogP contribution in [0.3, 0.4) is 0 Å². The molecule has 0 aliphatic heterocycles. The standard InChI is InChI=1S/C14H21N5/c1-6-11-16-7-8-19(11)14-10(4)13(15-5)17-12(18-14)9(2)3/h7-9H,6H2,1-5H3,(H,15,17,18). The minimum atomic E-state index is 0.292. The third kappa shape index (κ3) is 2.45. The van der Waals surface area contributed by atoms with E-state index in [0.29, 0.717) is 5.92 Å². The number of nitrogens with one attached hydrogen (secondary N) is 1. The molecule has 0 radical (unpaired) electrons. The van der Waals surface area contributed by atoms with Crippen LogP contribution in [-0.2, 0) is 6.42 Å². The Morgan fingerprint density at radius 2 is 2.05 bits per heavy atom. The fourth-order valence-corrected chi connectivity index (χ4v) is 2.05. The largest absolute Gasteiger partial charge is 0.373 e. The predicted octanol–water partition coefficient (Wildman–Crippen LogP) is 2.70. The average Bonchev–Trinajstić information content (AvgIpc) is 2.86. The number of anilines is 1. The Labute approximate surface area is 114 Å². The maximum atomic E-state index is 4.70. The second-order valence-corrected chi connectivity index (χ2v) is 4.85. The lowest BCUT2D eigenvalue weighted by Gasteiger charge is -2.15. The second-order valence-electron chi connectivity index (χ2n) is 4.85. The van der Waals surface area contributed by atoms with Gasteiger partial charge < -0.3 is 5.32 Å². The van der Waals surface area contributed by atoms with Crippen LogP contribution in [0.25, 0.3) is 5.82 Å². The van der Waals surface area contributed by atoms with Crippen LogP contribution in [0, 0.1) is 6.92 Å². The van der Waals surface area contributed by atoms with Crippen LogP contribution in [0.15, 0.2) is 12.4 Å². The van der Waals surface area contributed by atoms with Crippen molar-refractivity contribution in [2.75, 3.05) is 12.4 Å². The van der Waals surface area contributed by atoms with Gasteiger partial charge in [0.05, 0.1) is 0 Å². The van der Waals surface area contributed by atoms with Crippen molar-refractivity contribution in [1.82, 2.24) is 19.5 Å². The zero-order chi connectivity index (χ0) is 14.0. The first kappa shape index (κ1) is 13.5. The molecule has 5 nitrogen and oxygen atoms in total. The van der Waals surface area contributed by atoms with Crippen LogP contribution in [0.4, 0.5) is 5.82 Å². The lowest BCUT2D eigenvalue weighted by Crippen LogP contribution is -2.11. The fourth-order valence-electron chi connectivity index (χ4n) is 2.05. The minimum Gasteiger partial charge on any atom is -0.373 e. The Balaban J connectivity index is 2.65. The minimum absolute atomic E-state index is 0.292. The number of hydrogen-bond acceptors (Lipinski definition) is 4. The average molecular weight is 259 g/mol. The van der Waals surface area contributed by atoms with Crippen molar-refractivity contribution in [2.45, 2.75) is 40.0 Å². The lowest BCUT2D eigenvalue weighted by atomic mass is 10.2. The molecule has 0 aliphatic rings. The summed E-state index contributed by atoms with van der Waals surface area (Å²) >= 11 is 0. The van der Waals surface area contributed by atoms with Gasteiger partial charge in [-0.15, -0.1) is 0 Å². The van der Waals surface area contributed by atoms with Crippen molar-refractivity contribution in [2.24, 2.45) is 0 Å². The van der Waals surface area contributed by atoms with E-state index in [1.807, 2.05) is 30.9 Å². The maximum Gasteiger partial charge on any atom is 0.146 e. The van der Waals surface area contributed by atoms with Crippen molar-refractivity contribution < 1.29 is 0 Å². The van der Waals surface area contributed by atoms with Crippen LogP contribution >= 0.6 is 0 Å². The van der Waals surface area contributed by atoms with E-state index in [4.69, 9.17) is 4.98 Å². The third-order valence-electron chi connectivity index (χ3n) is 3.15. The summed E-state index contributed by atoms with van der Waals surface area (Å²) in [6, 6.07) is 0. The van der Waals surface area contributed by atoms with Gasteiger partial charge in [0, 0.05) is 37.3 Å². The molecule has 0 aliphatic carbocycles. The molecule has 2 heterocycles. The van der Waals surface area contributed by atoms with Crippen LogP contribution in [-0.4, -0.2) is 26.6 Å². The molecule has 0 spiro atoms. The van der Waals surface area contributed by atoms with Gasteiger partial charge in [0.25, 0.3) is 0 Å². The van der Waals surface area contributed by atoms with Crippen LogP contribution in [0.2, 0.25) is 0 Å². The molecule has 0 saturated heterocycles. The normalized spacial score (nSPS) is 11.1. The van der Waals surface area contributed by atoms with Gasteiger partial charge in [0.2, 0.25) is 0 Å². The van der Waals surface area contributed by atoms with Gasteiger partial charge in [-0.1, -0.05) is 20.8 Å². The van der Waals surface area contributed by atoms with Crippen LogP contribution < -0.4 is 5.32 Å². The summed E-state index contributed by atoms with van der Waals surface area (Å²) in [4.78, 5) is 13.6. The first-order chi connectivity index (χ1) is 9.08. The molecule has 0 bridgehead atoms. The molecule has 0 aromatic carbocycles. The number of aromatic nitrogens is 4. The molecular formula is C14H21N5. The Kier molecular flexibility index (Phi) is 3.83. The highest BCUT2D eigenvalue weighted by Crippen LogP contribution is 2.23. The quantitative estimate of drug-likeness (QED) is 0.917. The van der Waals surface area contributed by atoms with E-state index in [0.717, 1.165) is 35.3 Å². The van der Waals surface area contributed by atoms with E-state index in [1.165, 1.54) is 0 Å². The summed E-state index contributed by atoms with van der Waals surface area (Å²) in [6.07, 6.45) is 4.65. The summed E-state index contributed by atoms with van der Waals surface area (Å²) in [6.45, 7) is 8.33. The molecule has 2 rings (SSSR count). The molecule has 0 amide bonds. The molecule has 19 heavy (non-hydrogen) atoms. The molecular weight excluding hydrogens is 238 g/mol. The van der Waals surface area contributed by atoms with Gasteiger partial charge in [0.1, 0.15) is 23.3 Å². The zero-order valence-electron chi connectivity index (χ0n) is 12.2. The summed E-state index contributed by atoms with van der Waals surface area (Å²) < 4.78 is 2.05. The van der Waals surface area contributed by atoms with Crippen molar-refractivity contribution in [1.29, 1.82) is 0 Å². The summed E-state index contributed by atoms with van der Waals surface area (Å²) in [7, 11) is 1.89. The molecule has 0 unspecified atom stereocenters. The molecule has 0 fully saturated rings. The molecule has 102 valence electrons. The number of imidazole rings is 1. The van der Waals surface area contributed by atoms with Gasteiger partial charge in [-0.25, -0.2) is 15.0 Å². The van der Waals surface area contributed by atoms with Crippen molar-refractivity contribution in [3.05, 3.63) is 29.6 Å². The van der Waals surface area contributed by atoms with Gasteiger partial charge in [-0.05, 0) is 6.92 Å². The molecule has 2 aromatic heterocycles. The Morgan fingerprint density at radius 3 is 2.63 bits per heavy atom. The lowest BCUT2D eigenvalue weighted by molar-refractivity contribution is 0.751. The molecule has 2 aromatic rings. The number of hydrogen-bond donors (Lipinski definition) is 1. The smallest absolute Gasteiger partial charge is 0.146 e. The van der Waals surface area contributed by atoms with Gasteiger partial charge >= 0.3 is 0 Å². The number of aryl methyl sites for hydroxylation is 1. The highest BCUT2D eigenvalue weighted by atomic mass is 15.2. The van der Waals surface area contributed by atoms with Gasteiger partial charge in [0.15, 0.2) is 0 Å². The number of rotatable bonds is 4. The van der Waals surface area contributed by atoms with E-state index < -0.39 is 0 Å². The summed E-state index contributed by atoms with van der Waals surface area (Å²) in [5.41, 5.74) is 1.04. The summed E-state index contributed by atoms with van der Waals surface area (Å²) in [5, 5.41) is 3.15. The first-order valence-electron chi connectivity index (χ1n) is 6.67. The maximum absolute atomic E-state index is 4.70. The summed E-state index contributed by atoms with van der Waals surface area (Å²) in [5.74, 6) is 3.95. The molecule has 1 N–H and O–H groups in total. The fraction of sp³-hybridized carbons (Fsp3) is 0.500. The van der Waals surface area contributed by atoms with Crippen LogP contribution in [0.1, 0.15) is 43.9 Å². The molecule has 0 atom stereocenters. The zero-order valence-corrected chi connectivity index (χ0v) is 12.2. The van der Waals surface area contributed by atoms with Crippen LogP contribution in [0.5, 0.6) is 0 Å². The molecule has 5 heteroatoms. The van der Waals surface area contributed by atoms with Crippen molar-refractivity contribution in [3.8, 4) is 5.82 Å². The van der Waals surface area contributed by atoms with E-state index in [9.17, 15) is 0 Å². The van der Waals surface area contributed by atoms with E-state index in [1.54, 1.807) is 0 Å². The van der Waals surface area contributed by atoms with Crippen molar-refractivity contribution in [3.63, 3.8) is 0 Å². The first-order valence-corrected chi connectivity index (χ1v) is 6.67.